The monoisotopic (exact) mass is 329 g/mol. The van der Waals surface area contributed by atoms with E-state index in [-0.39, 0.29) is 11.9 Å². The van der Waals surface area contributed by atoms with Crippen LogP contribution in [0.5, 0.6) is 0 Å². The molecule has 0 spiro atoms. The number of likely N-dealkylation sites (N-methyl/N-ethyl adjacent to an activating group) is 1. The van der Waals surface area contributed by atoms with Crippen LogP contribution in [0.25, 0.3) is 0 Å². The van der Waals surface area contributed by atoms with E-state index < -0.39 is 0 Å². The number of rotatable bonds is 5. The van der Waals surface area contributed by atoms with Crippen LogP contribution >= 0.6 is 0 Å². The van der Waals surface area contributed by atoms with Gasteiger partial charge in [0, 0.05) is 38.6 Å². The van der Waals surface area contributed by atoms with E-state index in [1.807, 2.05) is 18.0 Å². The lowest BCUT2D eigenvalue weighted by Crippen LogP contribution is -2.40. The van der Waals surface area contributed by atoms with E-state index in [1.54, 1.807) is 0 Å². The van der Waals surface area contributed by atoms with Crippen LogP contribution in [0.2, 0.25) is 0 Å². The van der Waals surface area contributed by atoms with Gasteiger partial charge < -0.3 is 10.6 Å². The highest BCUT2D eigenvalue weighted by Crippen LogP contribution is 2.27. The molecule has 1 aromatic rings. The number of likely N-dealkylation sites (tertiary alicyclic amines) is 1. The van der Waals surface area contributed by atoms with Crippen LogP contribution in [0, 0.1) is 5.92 Å². The number of nitrogens with zero attached hydrogens (tertiary/aromatic N) is 2. The summed E-state index contributed by atoms with van der Waals surface area (Å²) in [5, 5.41) is 0. The highest BCUT2D eigenvalue weighted by Gasteiger charge is 2.32. The molecule has 3 rings (SSSR count). The maximum Gasteiger partial charge on any atom is 0.236 e. The van der Waals surface area contributed by atoms with Crippen molar-refractivity contribution in [1.29, 1.82) is 0 Å². The first kappa shape index (κ1) is 17.4. The average Bonchev–Trinajstić information content (AvgIpc) is 2.97. The first-order valence-corrected chi connectivity index (χ1v) is 9.40. The highest BCUT2D eigenvalue weighted by atomic mass is 16.2. The van der Waals surface area contributed by atoms with Crippen LogP contribution in [0.3, 0.4) is 0 Å². The van der Waals surface area contributed by atoms with Gasteiger partial charge in [0.05, 0.1) is 6.54 Å². The molecule has 24 heavy (non-hydrogen) atoms. The molecule has 0 unspecified atom stereocenters. The van der Waals surface area contributed by atoms with Gasteiger partial charge in [0.2, 0.25) is 5.91 Å². The zero-order valence-electron chi connectivity index (χ0n) is 14.9. The summed E-state index contributed by atoms with van der Waals surface area (Å²) in [7, 11) is 1.96. The van der Waals surface area contributed by atoms with Gasteiger partial charge in [0.25, 0.3) is 0 Å². The molecule has 0 bridgehead atoms. The summed E-state index contributed by atoms with van der Waals surface area (Å²) in [6.45, 7) is 3.11. The van der Waals surface area contributed by atoms with Crippen molar-refractivity contribution in [3.05, 3.63) is 35.9 Å². The molecule has 1 saturated carbocycles. The van der Waals surface area contributed by atoms with Crippen molar-refractivity contribution in [2.75, 3.05) is 33.2 Å². The van der Waals surface area contributed by atoms with Gasteiger partial charge in [-0.05, 0) is 24.3 Å². The van der Waals surface area contributed by atoms with E-state index in [0.717, 1.165) is 19.6 Å². The van der Waals surface area contributed by atoms with Gasteiger partial charge in [0.1, 0.15) is 0 Å². The fraction of sp³-hybridized carbons (Fsp3) is 0.650. The van der Waals surface area contributed by atoms with Crippen molar-refractivity contribution >= 4 is 5.91 Å². The Balaban J connectivity index is 1.49. The summed E-state index contributed by atoms with van der Waals surface area (Å²) in [6.07, 6.45) is 6.57. The largest absolute Gasteiger partial charge is 0.344 e. The summed E-state index contributed by atoms with van der Waals surface area (Å²) >= 11 is 0. The average molecular weight is 329 g/mol. The predicted octanol–water partition coefficient (Wildman–Crippen LogP) is 2.45. The second kappa shape index (κ2) is 8.13. The Kier molecular flexibility index (Phi) is 5.90. The fourth-order valence-corrected chi connectivity index (χ4v) is 4.27. The SMILES string of the molecule is CN(CC1CCCCC1)C(=O)CN1C[C@@H](N)[C@H](c2ccccc2)C1. The zero-order valence-corrected chi connectivity index (χ0v) is 14.9. The van der Waals surface area contributed by atoms with E-state index in [9.17, 15) is 4.79 Å². The van der Waals surface area contributed by atoms with Crippen molar-refractivity contribution in [3.63, 3.8) is 0 Å². The molecule has 4 heteroatoms. The molecule has 1 aliphatic carbocycles. The van der Waals surface area contributed by atoms with Crippen molar-refractivity contribution in [1.82, 2.24) is 9.80 Å². The molecule has 1 aliphatic heterocycles. The van der Waals surface area contributed by atoms with Crippen LogP contribution in [0.4, 0.5) is 0 Å². The third-order valence-electron chi connectivity index (χ3n) is 5.71. The summed E-state index contributed by atoms with van der Waals surface area (Å²) in [6, 6.07) is 10.6. The molecule has 2 fully saturated rings. The summed E-state index contributed by atoms with van der Waals surface area (Å²) in [5.74, 6) is 1.27. The second-order valence-electron chi connectivity index (χ2n) is 7.65. The van der Waals surface area contributed by atoms with E-state index in [0.29, 0.717) is 18.4 Å². The summed E-state index contributed by atoms with van der Waals surface area (Å²) in [5.41, 5.74) is 7.62. The molecule has 0 radical (unpaired) electrons. The first-order valence-electron chi connectivity index (χ1n) is 9.40. The maximum atomic E-state index is 12.6. The van der Waals surface area contributed by atoms with Crippen LogP contribution in [-0.2, 0) is 4.79 Å². The Bertz CT molecular complexity index is 527. The standard InChI is InChI=1S/C20H31N3O/c1-22(12-16-8-4-2-5-9-16)20(24)15-23-13-18(19(21)14-23)17-10-6-3-7-11-17/h3,6-7,10-11,16,18-19H,2,4-5,8-9,12-15,21H2,1H3/t18-,19+/m0/s1. The Morgan fingerprint density at radius 1 is 1.17 bits per heavy atom. The Hall–Kier alpha value is -1.39. The zero-order chi connectivity index (χ0) is 16.9. The van der Waals surface area contributed by atoms with Crippen LogP contribution in [0.15, 0.2) is 30.3 Å². The molecule has 0 aromatic heterocycles. The highest BCUT2D eigenvalue weighted by molar-refractivity contribution is 5.78. The van der Waals surface area contributed by atoms with E-state index in [4.69, 9.17) is 5.73 Å². The van der Waals surface area contributed by atoms with Gasteiger partial charge in [-0.2, -0.15) is 0 Å². The Morgan fingerprint density at radius 3 is 2.58 bits per heavy atom. The van der Waals surface area contributed by atoms with Crippen molar-refractivity contribution in [2.24, 2.45) is 11.7 Å². The molecule has 2 aliphatic rings. The van der Waals surface area contributed by atoms with Crippen LogP contribution in [0.1, 0.15) is 43.6 Å². The molecule has 4 nitrogen and oxygen atoms in total. The molecular weight excluding hydrogens is 298 g/mol. The summed E-state index contributed by atoms with van der Waals surface area (Å²) < 4.78 is 0. The van der Waals surface area contributed by atoms with Crippen LogP contribution in [-0.4, -0.2) is 55.0 Å². The minimum absolute atomic E-state index is 0.115. The lowest BCUT2D eigenvalue weighted by molar-refractivity contribution is -0.131. The molecule has 1 aromatic carbocycles. The first-order chi connectivity index (χ1) is 11.6. The molecular formula is C20H31N3O. The minimum Gasteiger partial charge on any atom is -0.344 e. The van der Waals surface area contributed by atoms with Crippen molar-refractivity contribution < 1.29 is 4.79 Å². The number of hydrogen-bond donors (Lipinski definition) is 1. The van der Waals surface area contributed by atoms with Gasteiger partial charge in [0.15, 0.2) is 0 Å². The van der Waals surface area contributed by atoms with Crippen LogP contribution < -0.4 is 5.73 Å². The number of carbonyl (C=O) groups excluding carboxylic acids is 1. The van der Waals surface area contributed by atoms with Crippen molar-refractivity contribution in [2.45, 2.75) is 44.1 Å². The third-order valence-corrected chi connectivity index (χ3v) is 5.71. The number of benzene rings is 1. The topological polar surface area (TPSA) is 49.6 Å². The van der Waals surface area contributed by atoms with Gasteiger partial charge >= 0.3 is 0 Å². The fourth-order valence-electron chi connectivity index (χ4n) is 4.27. The number of amides is 1. The number of hydrogen-bond acceptors (Lipinski definition) is 3. The molecule has 132 valence electrons. The number of nitrogens with two attached hydrogens (primary N) is 1. The van der Waals surface area contributed by atoms with Gasteiger partial charge in [-0.1, -0.05) is 49.6 Å². The predicted molar refractivity (Wildman–Crippen MR) is 97.8 cm³/mol. The van der Waals surface area contributed by atoms with Crippen molar-refractivity contribution in [3.8, 4) is 0 Å². The lowest BCUT2D eigenvalue weighted by Gasteiger charge is -2.28. The summed E-state index contributed by atoms with van der Waals surface area (Å²) in [4.78, 5) is 16.7. The smallest absolute Gasteiger partial charge is 0.236 e. The Morgan fingerprint density at radius 2 is 1.88 bits per heavy atom. The minimum atomic E-state index is 0.115. The van der Waals surface area contributed by atoms with E-state index in [2.05, 4.69) is 29.2 Å². The number of carbonyl (C=O) groups is 1. The molecule has 2 N–H and O–H groups in total. The molecule has 2 atom stereocenters. The maximum absolute atomic E-state index is 12.6. The normalized spacial score (nSPS) is 25.8. The second-order valence-corrected chi connectivity index (χ2v) is 7.65. The molecule has 1 saturated heterocycles. The molecule has 1 heterocycles. The van der Waals surface area contributed by atoms with Gasteiger partial charge in [-0.25, -0.2) is 0 Å². The van der Waals surface area contributed by atoms with E-state index in [1.165, 1.54) is 37.7 Å². The quantitative estimate of drug-likeness (QED) is 0.903. The van der Waals surface area contributed by atoms with Gasteiger partial charge in [-0.3, -0.25) is 9.69 Å². The van der Waals surface area contributed by atoms with E-state index >= 15 is 0 Å². The molecule has 1 amide bonds. The Labute approximate surface area is 146 Å². The lowest BCUT2D eigenvalue weighted by atomic mass is 9.89. The third kappa shape index (κ3) is 4.37. The van der Waals surface area contributed by atoms with Gasteiger partial charge in [-0.15, -0.1) is 0 Å².